The van der Waals surface area contributed by atoms with Gasteiger partial charge in [0.15, 0.2) is 0 Å². The molecule has 1 atom stereocenters. The molecule has 110 valence electrons. The van der Waals surface area contributed by atoms with Gasteiger partial charge in [0.25, 0.3) is 0 Å². The van der Waals surface area contributed by atoms with Gasteiger partial charge < -0.3 is 10.2 Å². The van der Waals surface area contributed by atoms with Crippen molar-refractivity contribution in [3.8, 4) is 0 Å². The van der Waals surface area contributed by atoms with Gasteiger partial charge in [-0.25, -0.2) is 0 Å². The van der Waals surface area contributed by atoms with Gasteiger partial charge in [-0.05, 0) is 18.4 Å². The fourth-order valence-corrected chi connectivity index (χ4v) is 2.27. The summed E-state index contributed by atoms with van der Waals surface area (Å²) < 4.78 is 0. The van der Waals surface area contributed by atoms with E-state index < -0.39 is 0 Å². The zero-order valence-corrected chi connectivity index (χ0v) is 12.6. The molecule has 0 bridgehead atoms. The van der Waals surface area contributed by atoms with E-state index in [1.54, 1.807) is 11.9 Å². The molecule has 0 radical (unpaired) electrons. The number of hydrogen-bond acceptors (Lipinski definition) is 2. The second kappa shape index (κ2) is 8.35. The summed E-state index contributed by atoms with van der Waals surface area (Å²) in [7, 11) is 1.61. The van der Waals surface area contributed by atoms with Gasteiger partial charge in [0.2, 0.25) is 11.8 Å². The summed E-state index contributed by atoms with van der Waals surface area (Å²) in [5.74, 6) is -0.0706. The number of nitrogens with one attached hydrogen (secondary N) is 1. The second-order valence-electron chi connectivity index (χ2n) is 4.71. The Balaban J connectivity index is 2.78. The fraction of sp³-hybridized carbons (Fsp3) is 0.500. The summed E-state index contributed by atoms with van der Waals surface area (Å²) in [5, 5.41) is 2.64. The molecular weight excluding hydrogens is 252 g/mol. The summed E-state index contributed by atoms with van der Waals surface area (Å²) in [6.07, 6.45) is 1.81. The zero-order valence-electron chi connectivity index (χ0n) is 12.6. The quantitative estimate of drug-likeness (QED) is 0.828. The first-order valence-electron chi connectivity index (χ1n) is 7.19. The van der Waals surface area contributed by atoms with Gasteiger partial charge >= 0.3 is 0 Å². The topological polar surface area (TPSA) is 49.4 Å². The van der Waals surface area contributed by atoms with Gasteiger partial charge in [-0.3, -0.25) is 9.59 Å². The molecule has 0 aliphatic heterocycles. The molecule has 20 heavy (non-hydrogen) atoms. The Morgan fingerprint density at radius 1 is 1.20 bits per heavy atom. The Morgan fingerprint density at radius 2 is 1.85 bits per heavy atom. The molecule has 0 fully saturated rings. The van der Waals surface area contributed by atoms with E-state index in [0.29, 0.717) is 19.4 Å². The van der Waals surface area contributed by atoms with Crippen molar-refractivity contribution < 1.29 is 9.59 Å². The first-order valence-corrected chi connectivity index (χ1v) is 7.19. The number of rotatable bonds is 7. The average molecular weight is 276 g/mol. The van der Waals surface area contributed by atoms with E-state index in [-0.39, 0.29) is 17.9 Å². The Labute approximate surface area is 121 Å². The van der Waals surface area contributed by atoms with Crippen molar-refractivity contribution in [3.05, 3.63) is 35.9 Å². The van der Waals surface area contributed by atoms with Crippen LogP contribution in [-0.2, 0) is 16.0 Å². The van der Waals surface area contributed by atoms with Crippen LogP contribution in [0.3, 0.4) is 0 Å². The molecule has 1 rings (SSSR count). The van der Waals surface area contributed by atoms with Crippen LogP contribution in [-0.4, -0.2) is 36.3 Å². The average Bonchev–Trinajstić information content (AvgIpc) is 2.51. The maximum atomic E-state index is 12.1. The Morgan fingerprint density at radius 3 is 2.35 bits per heavy atom. The number of amides is 2. The third-order valence-corrected chi connectivity index (χ3v) is 3.42. The fourth-order valence-electron chi connectivity index (χ4n) is 2.27. The molecule has 0 unspecified atom stereocenters. The number of nitrogens with zero attached hydrogens (tertiary/aromatic N) is 1. The monoisotopic (exact) mass is 276 g/mol. The lowest BCUT2D eigenvalue weighted by Crippen LogP contribution is -2.49. The predicted molar refractivity (Wildman–Crippen MR) is 80.3 cm³/mol. The van der Waals surface area contributed by atoms with Crippen LogP contribution in [0, 0.1) is 0 Å². The van der Waals surface area contributed by atoms with E-state index in [9.17, 15) is 9.59 Å². The minimum atomic E-state index is -0.379. The second-order valence-corrected chi connectivity index (χ2v) is 4.71. The van der Waals surface area contributed by atoms with E-state index >= 15 is 0 Å². The Kier molecular flexibility index (Phi) is 6.77. The normalized spacial score (nSPS) is 11.8. The summed E-state index contributed by atoms with van der Waals surface area (Å²) in [6.45, 7) is 4.33. The summed E-state index contributed by atoms with van der Waals surface area (Å²) in [5.41, 5.74) is 1.17. The maximum absolute atomic E-state index is 12.1. The molecule has 0 spiro atoms. The van der Waals surface area contributed by atoms with Crippen LogP contribution in [0.25, 0.3) is 0 Å². The van der Waals surface area contributed by atoms with Crippen molar-refractivity contribution in [1.82, 2.24) is 10.2 Å². The Bertz CT molecular complexity index is 431. The van der Waals surface area contributed by atoms with Crippen LogP contribution in [0.2, 0.25) is 0 Å². The highest BCUT2D eigenvalue weighted by atomic mass is 16.2. The summed E-state index contributed by atoms with van der Waals surface area (Å²) >= 11 is 0. The highest BCUT2D eigenvalue weighted by Crippen LogP contribution is 2.10. The van der Waals surface area contributed by atoms with Crippen LogP contribution in [0.1, 0.15) is 32.3 Å². The van der Waals surface area contributed by atoms with Crippen molar-refractivity contribution in [2.24, 2.45) is 0 Å². The summed E-state index contributed by atoms with van der Waals surface area (Å²) in [4.78, 5) is 25.7. The van der Waals surface area contributed by atoms with Gasteiger partial charge in [0.1, 0.15) is 6.04 Å². The number of benzene rings is 1. The van der Waals surface area contributed by atoms with Crippen LogP contribution in [0.15, 0.2) is 30.3 Å². The molecule has 1 aromatic carbocycles. The highest BCUT2D eigenvalue weighted by molar-refractivity contribution is 5.87. The SMILES string of the molecule is CCC(=O)N(CCc1ccccc1)[C@@H](CC)C(=O)NC. The lowest BCUT2D eigenvalue weighted by atomic mass is 10.1. The van der Waals surface area contributed by atoms with Crippen LogP contribution < -0.4 is 5.32 Å². The molecule has 0 aliphatic rings. The lowest BCUT2D eigenvalue weighted by Gasteiger charge is -2.29. The number of hydrogen-bond donors (Lipinski definition) is 1. The molecule has 4 nitrogen and oxygen atoms in total. The molecule has 0 saturated heterocycles. The van der Waals surface area contributed by atoms with Gasteiger partial charge in [0.05, 0.1) is 0 Å². The molecule has 0 aliphatic carbocycles. The number of likely N-dealkylation sites (N-methyl/N-ethyl adjacent to an activating group) is 1. The largest absolute Gasteiger partial charge is 0.357 e. The van der Waals surface area contributed by atoms with E-state index in [2.05, 4.69) is 5.32 Å². The molecule has 1 aromatic rings. The minimum absolute atomic E-state index is 0.0244. The number of carbonyl (C=O) groups excluding carboxylic acids is 2. The van der Waals surface area contributed by atoms with E-state index in [4.69, 9.17) is 0 Å². The minimum Gasteiger partial charge on any atom is -0.357 e. The van der Waals surface area contributed by atoms with Crippen LogP contribution >= 0.6 is 0 Å². The third-order valence-electron chi connectivity index (χ3n) is 3.42. The van der Waals surface area contributed by atoms with E-state index in [1.807, 2.05) is 44.2 Å². The van der Waals surface area contributed by atoms with E-state index in [1.165, 1.54) is 5.56 Å². The Hall–Kier alpha value is -1.84. The van der Waals surface area contributed by atoms with Crippen molar-refractivity contribution in [2.45, 2.75) is 39.2 Å². The molecule has 2 amide bonds. The van der Waals surface area contributed by atoms with Gasteiger partial charge in [-0.15, -0.1) is 0 Å². The zero-order chi connectivity index (χ0) is 15.0. The molecule has 1 N–H and O–H groups in total. The first-order chi connectivity index (χ1) is 9.63. The predicted octanol–water partition coefficient (Wildman–Crippen LogP) is 1.99. The van der Waals surface area contributed by atoms with Crippen LogP contribution in [0.5, 0.6) is 0 Å². The van der Waals surface area contributed by atoms with E-state index in [0.717, 1.165) is 6.42 Å². The van der Waals surface area contributed by atoms with Crippen molar-refractivity contribution in [1.29, 1.82) is 0 Å². The molecular formula is C16H24N2O2. The third kappa shape index (κ3) is 4.37. The highest BCUT2D eigenvalue weighted by Gasteiger charge is 2.26. The lowest BCUT2D eigenvalue weighted by molar-refractivity contribution is -0.140. The van der Waals surface area contributed by atoms with Crippen LogP contribution in [0.4, 0.5) is 0 Å². The standard InChI is InChI=1S/C16H24N2O2/c1-4-14(16(20)17-3)18(15(19)5-2)12-11-13-9-7-6-8-10-13/h6-10,14H,4-5,11-12H2,1-3H3,(H,17,20)/t14-/m0/s1. The van der Waals surface area contributed by atoms with Gasteiger partial charge in [-0.2, -0.15) is 0 Å². The van der Waals surface area contributed by atoms with Crippen molar-refractivity contribution >= 4 is 11.8 Å². The van der Waals surface area contributed by atoms with Gasteiger partial charge in [-0.1, -0.05) is 44.2 Å². The summed E-state index contributed by atoms with van der Waals surface area (Å²) in [6, 6.07) is 9.63. The molecule has 0 heterocycles. The smallest absolute Gasteiger partial charge is 0.242 e. The molecule has 0 saturated carbocycles. The molecule has 4 heteroatoms. The first kappa shape index (κ1) is 16.2. The van der Waals surface area contributed by atoms with Crippen molar-refractivity contribution in [3.63, 3.8) is 0 Å². The van der Waals surface area contributed by atoms with Crippen molar-refractivity contribution in [2.75, 3.05) is 13.6 Å². The maximum Gasteiger partial charge on any atom is 0.242 e. The number of carbonyl (C=O) groups is 2. The molecule has 0 aromatic heterocycles. The van der Waals surface area contributed by atoms with Gasteiger partial charge in [0, 0.05) is 20.0 Å².